The molecule has 2 aromatic carbocycles. The molecule has 1 aliphatic rings. The molecule has 0 N–H and O–H groups in total. The normalized spacial score (nSPS) is 14.4. The average molecular weight is 448 g/mol. The highest BCUT2D eigenvalue weighted by atomic mass is 16.5. The van der Waals surface area contributed by atoms with Crippen LogP contribution in [0.3, 0.4) is 0 Å². The van der Waals surface area contributed by atoms with Crippen LogP contribution in [0.5, 0.6) is 11.5 Å². The Morgan fingerprint density at radius 3 is 2.45 bits per heavy atom. The maximum absolute atomic E-state index is 12.7. The first-order chi connectivity index (χ1) is 16.0. The average Bonchev–Trinajstić information content (AvgIpc) is 3.31. The van der Waals surface area contributed by atoms with Crippen LogP contribution in [0.4, 0.5) is 0 Å². The molecule has 0 spiro atoms. The van der Waals surface area contributed by atoms with Gasteiger partial charge in [0.25, 0.3) is 0 Å². The Labute approximate surface area is 196 Å². The Bertz CT molecular complexity index is 1080. The Balaban J connectivity index is 1.37. The van der Waals surface area contributed by atoms with Gasteiger partial charge in [-0.15, -0.1) is 0 Å². The molecule has 0 aliphatic heterocycles. The second-order valence-corrected chi connectivity index (χ2v) is 9.19. The van der Waals surface area contributed by atoms with E-state index >= 15 is 0 Å². The van der Waals surface area contributed by atoms with E-state index in [1.807, 2.05) is 63.2 Å². The standard InChI is InChI=1S/C28H33NO4/c1-19(2)27(30)26-20(3)9-7-12-22(26)16-31-24-13-8-14-25(15-24)32-17-23-18-33-28(29-23)21-10-5-4-6-11-21/h7-9,12-15,18-19,21H,4-6,10-11,16-17H2,1-3H3. The third kappa shape index (κ3) is 5.84. The van der Waals surface area contributed by atoms with Gasteiger partial charge in [0.2, 0.25) is 0 Å². The number of ether oxygens (including phenoxy) is 2. The van der Waals surface area contributed by atoms with Crippen molar-refractivity contribution in [2.75, 3.05) is 0 Å². The summed E-state index contributed by atoms with van der Waals surface area (Å²) in [5.74, 6) is 2.77. The quantitative estimate of drug-likeness (QED) is 0.330. The van der Waals surface area contributed by atoms with Gasteiger partial charge in [0.05, 0.1) is 0 Å². The molecule has 33 heavy (non-hydrogen) atoms. The van der Waals surface area contributed by atoms with E-state index in [1.165, 1.54) is 19.3 Å². The predicted octanol–water partition coefficient (Wildman–Crippen LogP) is 7.03. The molecule has 1 aromatic heterocycles. The van der Waals surface area contributed by atoms with E-state index in [0.717, 1.165) is 41.1 Å². The molecular weight excluding hydrogens is 414 g/mol. The van der Waals surface area contributed by atoms with Gasteiger partial charge in [-0.25, -0.2) is 4.98 Å². The van der Waals surface area contributed by atoms with E-state index < -0.39 is 0 Å². The van der Waals surface area contributed by atoms with E-state index in [-0.39, 0.29) is 11.7 Å². The van der Waals surface area contributed by atoms with Crippen LogP contribution in [0.2, 0.25) is 0 Å². The van der Waals surface area contributed by atoms with Crippen molar-refractivity contribution in [1.29, 1.82) is 0 Å². The number of oxazole rings is 1. The zero-order chi connectivity index (χ0) is 23.2. The summed E-state index contributed by atoms with van der Waals surface area (Å²) in [6, 6.07) is 13.4. The zero-order valence-electron chi connectivity index (χ0n) is 19.8. The van der Waals surface area contributed by atoms with Crippen molar-refractivity contribution in [2.45, 2.75) is 72.0 Å². The molecule has 0 atom stereocenters. The van der Waals surface area contributed by atoms with Gasteiger partial charge in [-0.3, -0.25) is 4.79 Å². The molecule has 5 nitrogen and oxygen atoms in total. The summed E-state index contributed by atoms with van der Waals surface area (Å²) in [6.07, 6.45) is 7.83. The number of aryl methyl sites for hydroxylation is 1. The molecule has 0 unspecified atom stereocenters. The SMILES string of the molecule is Cc1cccc(COc2cccc(OCc3coc(C4CCCCC4)n3)c2)c1C(=O)C(C)C. The number of carbonyl (C=O) groups is 1. The molecule has 0 bridgehead atoms. The third-order valence-corrected chi connectivity index (χ3v) is 6.24. The number of rotatable bonds is 9. The Kier molecular flexibility index (Phi) is 7.48. The van der Waals surface area contributed by atoms with Gasteiger partial charge in [-0.2, -0.15) is 0 Å². The smallest absolute Gasteiger partial charge is 0.197 e. The highest BCUT2D eigenvalue weighted by molar-refractivity contribution is 6.00. The van der Waals surface area contributed by atoms with Crippen molar-refractivity contribution < 1.29 is 18.7 Å². The lowest BCUT2D eigenvalue weighted by atomic mass is 9.89. The van der Waals surface area contributed by atoms with Crippen molar-refractivity contribution in [3.05, 3.63) is 77.0 Å². The van der Waals surface area contributed by atoms with Crippen LogP contribution in [-0.2, 0) is 13.2 Å². The van der Waals surface area contributed by atoms with Crippen LogP contribution < -0.4 is 9.47 Å². The van der Waals surface area contributed by atoms with E-state index in [2.05, 4.69) is 4.98 Å². The van der Waals surface area contributed by atoms with Gasteiger partial charge in [0, 0.05) is 29.0 Å². The van der Waals surface area contributed by atoms with Crippen molar-refractivity contribution in [3.63, 3.8) is 0 Å². The van der Waals surface area contributed by atoms with E-state index in [0.29, 0.717) is 30.6 Å². The molecule has 0 saturated heterocycles. The topological polar surface area (TPSA) is 61.6 Å². The highest BCUT2D eigenvalue weighted by Crippen LogP contribution is 2.32. The van der Waals surface area contributed by atoms with Crippen molar-refractivity contribution in [3.8, 4) is 11.5 Å². The highest BCUT2D eigenvalue weighted by Gasteiger charge is 2.20. The fourth-order valence-corrected chi connectivity index (χ4v) is 4.39. The molecule has 1 fully saturated rings. The number of benzene rings is 2. The van der Waals surface area contributed by atoms with Gasteiger partial charge >= 0.3 is 0 Å². The molecule has 4 rings (SSSR count). The zero-order valence-corrected chi connectivity index (χ0v) is 19.8. The van der Waals surface area contributed by atoms with Crippen LogP contribution in [0, 0.1) is 12.8 Å². The predicted molar refractivity (Wildman–Crippen MR) is 128 cm³/mol. The lowest BCUT2D eigenvalue weighted by Crippen LogP contribution is -2.13. The summed E-state index contributed by atoms with van der Waals surface area (Å²) >= 11 is 0. The number of hydrogen-bond acceptors (Lipinski definition) is 5. The molecule has 174 valence electrons. The van der Waals surface area contributed by atoms with E-state index in [9.17, 15) is 4.79 Å². The van der Waals surface area contributed by atoms with Gasteiger partial charge in [-0.1, -0.05) is 57.4 Å². The minimum atomic E-state index is -0.0586. The number of hydrogen-bond donors (Lipinski definition) is 0. The molecule has 1 aliphatic carbocycles. The summed E-state index contributed by atoms with van der Waals surface area (Å²) < 4.78 is 17.7. The lowest BCUT2D eigenvalue weighted by molar-refractivity contribution is 0.0936. The first kappa shape index (κ1) is 23.1. The van der Waals surface area contributed by atoms with E-state index in [1.54, 1.807) is 6.26 Å². The molecule has 1 heterocycles. The Hall–Kier alpha value is -3.08. The molecule has 3 aromatic rings. The van der Waals surface area contributed by atoms with Gasteiger partial charge < -0.3 is 13.9 Å². The fourth-order valence-electron chi connectivity index (χ4n) is 4.39. The summed E-state index contributed by atoms with van der Waals surface area (Å²) in [6.45, 7) is 6.50. The molecule has 1 saturated carbocycles. The number of carbonyl (C=O) groups excluding carboxylic acids is 1. The van der Waals surface area contributed by atoms with Crippen LogP contribution in [0.1, 0.15) is 84.9 Å². The fraction of sp³-hybridized carbons (Fsp3) is 0.429. The number of aromatic nitrogens is 1. The van der Waals surface area contributed by atoms with Crippen LogP contribution in [0.25, 0.3) is 0 Å². The van der Waals surface area contributed by atoms with Crippen LogP contribution in [0.15, 0.2) is 53.1 Å². The van der Waals surface area contributed by atoms with Crippen molar-refractivity contribution in [2.24, 2.45) is 5.92 Å². The summed E-state index contributed by atoms with van der Waals surface area (Å²) in [4.78, 5) is 17.3. The Morgan fingerprint density at radius 2 is 1.73 bits per heavy atom. The summed E-state index contributed by atoms with van der Waals surface area (Å²) in [5.41, 5.74) is 3.45. The minimum Gasteiger partial charge on any atom is -0.489 e. The van der Waals surface area contributed by atoms with E-state index in [4.69, 9.17) is 13.9 Å². The molecule has 0 radical (unpaired) electrons. The first-order valence-electron chi connectivity index (χ1n) is 11.9. The van der Waals surface area contributed by atoms with Gasteiger partial charge in [0.1, 0.15) is 36.7 Å². The maximum atomic E-state index is 12.7. The van der Waals surface area contributed by atoms with Gasteiger partial charge in [-0.05, 0) is 37.5 Å². The first-order valence-corrected chi connectivity index (χ1v) is 11.9. The Morgan fingerprint density at radius 1 is 1.03 bits per heavy atom. The number of ketones is 1. The minimum absolute atomic E-state index is 0.0586. The molecule has 0 amide bonds. The van der Waals surface area contributed by atoms with Crippen molar-refractivity contribution >= 4 is 5.78 Å². The summed E-state index contributed by atoms with van der Waals surface area (Å²) in [5, 5.41) is 0. The molecule has 5 heteroatoms. The lowest BCUT2D eigenvalue weighted by Gasteiger charge is -2.17. The second kappa shape index (κ2) is 10.7. The number of Topliss-reactive ketones (excluding diaryl/α,β-unsaturated/α-hetero) is 1. The van der Waals surface area contributed by atoms with Gasteiger partial charge in [0.15, 0.2) is 11.7 Å². The largest absolute Gasteiger partial charge is 0.489 e. The van der Waals surface area contributed by atoms with Crippen LogP contribution in [-0.4, -0.2) is 10.8 Å². The van der Waals surface area contributed by atoms with Crippen LogP contribution >= 0.6 is 0 Å². The maximum Gasteiger partial charge on any atom is 0.197 e. The number of nitrogens with zero attached hydrogens (tertiary/aromatic N) is 1. The van der Waals surface area contributed by atoms with Crippen molar-refractivity contribution in [1.82, 2.24) is 4.98 Å². The molecular formula is C28H33NO4. The summed E-state index contributed by atoms with van der Waals surface area (Å²) in [7, 11) is 0. The second-order valence-electron chi connectivity index (χ2n) is 9.19. The third-order valence-electron chi connectivity index (χ3n) is 6.24. The monoisotopic (exact) mass is 447 g/mol.